The maximum absolute atomic E-state index is 12.1. The van der Waals surface area contributed by atoms with E-state index in [-0.39, 0.29) is 17.9 Å². The molecule has 3 nitrogen and oxygen atoms in total. The third-order valence-electron chi connectivity index (χ3n) is 2.90. The number of nitrogens with two attached hydrogens (primary N) is 1. The molecule has 1 saturated carbocycles. The van der Waals surface area contributed by atoms with Gasteiger partial charge in [0.05, 0.1) is 5.92 Å². The molecule has 0 heterocycles. The Labute approximate surface area is 91.6 Å². The van der Waals surface area contributed by atoms with Crippen molar-refractivity contribution in [1.82, 2.24) is 4.90 Å². The summed E-state index contributed by atoms with van der Waals surface area (Å²) in [6.45, 7) is 8.46. The first kappa shape index (κ1) is 12.0. The van der Waals surface area contributed by atoms with E-state index < -0.39 is 0 Å². The largest absolute Gasteiger partial charge is 0.335 e. The Bertz CT molecular complexity index is 240. The Morgan fingerprint density at radius 1 is 1.33 bits per heavy atom. The molecule has 2 N–H and O–H groups in total. The predicted octanol–water partition coefficient (Wildman–Crippen LogP) is 1.31. The fourth-order valence-electron chi connectivity index (χ4n) is 2.10. The zero-order valence-electron chi connectivity index (χ0n) is 9.19. The van der Waals surface area contributed by atoms with Crippen molar-refractivity contribution in [3.63, 3.8) is 0 Å². The van der Waals surface area contributed by atoms with Gasteiger partial charge in [0.25, 0.3) is 0 Å². The van der Waals surface area contributed by atoms with Crippen LogP contribution in [0.4, 0.5) is 0 Å². The second-order valence-corrected chi connectivity index (χ2v) is 4.02. The van der Waals surface area contributed by atoms with Gasteiger partial charge in [-0.05, 0) is 12.8 Å². The highest BCUT2D eigenvalue weighted by molar-refractivity contribution is 5.80. The van der Waals surface area contributed by atoms with Crippen LogP contribution in [0.5, 0.6) is 0 Å². The first-order valence-corrected chi connectivity index (χ1v) is 5.47. The van der Waals surface area contributed by atoms with Crippen LogP contribution in [-0.4, -0.2) is 29.9 Å². The van der Waals surface area contributed by atoms with Gasteiger partial charge in [-0.1, -0.05) is 18.6 Å². The van der Waals surface area contributed by atoms with E-state index in [0.29, 0.717) is 13.1 Å². The van der Waals surface area contributed by atoms with E-state index in [4.69, 9.17) is 5.73 Å². The molecule has 2 unspecified atom stereocenters. The second kappa shape index (κ2) is 5.71. The van der Waals surface area contributed by atoms with Gasteiger partial charge in [0.2, 0.25) is 5.91 Å². The summed E-state index contributed by atoms with van der Waals surface area (Å²) in [6.07, 6.45) is 6.43. The summed E-state index contributed by atoms with van der Waals surface area (Å²) in [7, 11) is 0. The number of hydrogen-bond donors (Lipinski definition) is 1. The highest BCUT2D eigenvalue weighted by Gasteiger charge is 2.32. The van der Waals surface area contributed by atoms with Crippen molar-refractivity contribution in [3.8, 4) is 0 Å². The normalized spacial score (nSPS) is 24.9. The molecule has 0 aromatic heterocycles. The van der Waals surface area contributed by atoms with Crippen molar-refractivity contribution in [2.75, 3.05) is 13.1 Å². The van der Waals surface area contributed by atoms with Gasteiger partial charge in [0.15, 0.2) is 0 Å². The molecule has 0 aromatic carbocycles. The number of carbonyl (C=O) groups is 1. The van der Waals surface area contributed by atoms with Crippen molar-refractivity contribution < 1.29 is 4.79 Å². The molecular weight excluding hydrogens is 188 g/mol. The standard InChI is InChI=1S/C12H20N2O/c1-3-8-14(9-4-2)12(15)10-6-5-7-11(10)13/h3-4,10-11H,1-2,5-9,13H2. The molecule has 0 spiro atoms. The molecule has 1 amide bonds. The van der Waals surface area contributed by atoms with E-state index in [1.54, 1.807) is 17.1 Å². The average Bonchev–Trinajstić information content (AvgIpc) is 2.63. The lowest BCUT2D eigenvalue weighted by atomic mass is 10.0. The molecule has 0 radical (unpaired) electrons. The highest BCUT2D eigenvalue weighted by Crippen LogP contribution is 2.25. The van der Waals surface area contributed by atoms with Crippen molar-refractivity contribution in [2.24, 2.45) is 11.7 Å². The van der Waals surface area contributed by atoms with Crippen LogP contribution in [0.2, 0.25) is 0 Å². The van der Waals surface area contributed by atoms with Gasteiger partial charge >= 0.3 is 0 Å². The number of hydrogen-bond acceptors (Lipinski definition) is 2. The first-order chi connectivity index (χ1) is 7.20. The maximum atomic E-state index is 12.1. The number of amides is 1. The molecule has 0 aliphatic heterocycles. The van der Waals surface area contributed by atoms with Crippen LogP contribution in [0.25, 0.3) is 0 Å². The monoisotopic (exact) mass is 208 g/mol. The molecule has 1 aliphatic carbocycles. The molecule has 0 saturated heterocycles. The molecule has 3 heteroatoms. The smallest absolute Gasteiger partial charge is 0.227 e. The topological polar surface area (TPSA) is 46.3 Å². The number of rotatable bonds is 5. The minimum absolute atomic E-state index is 0.00454. The van der Waals surface area contributed by atoms with Gasteiger partial charge < -0.3 is 10.6 Å². The lowest BCUT2D eigenvalue weighted by Crippen LogP contribution is -2.41. The summed E-state index contributed by atoms with van der Waals surface area (Å²) in [4.78, 5) is 13.8. The summed E-state index contributed by atoms with van der Waals surface area (Å²) in [6, 6.07) is 0.0367. The Morgan fingerprint density at radius 2 is 1.93 bits per heavy atom. The van der Waals surface area contributed by atoms with Crippen LogP contribution in [0, 0.1) is 5.92 Å². The van der Waals surface area contributed by atoms with Gasteiger partial charge in [-0.25, -0.2) is 0 Å². The van der Waals surface area contributed by atoms with Crippen LogP contribution in [0.1, 0.15) is 19.3 Å². The van der Waals surface area contributed by atoms with Crippen LogP contribution in [-0.2, 0) is 4.79 Å². The van der Waals surface area contributed by atoms with E-state index in [1.165, 1.54) is 0 Å². The van der Waals surface area contributed by atoms with Crippen LogP contribution in [0.15, 0.2) is 25.3 Å². The molecular formula is C12H20N2O. The van der Waals surface area contributed by atoms with Crippen molar-refractivity contribution in [2.45, 2.75) is 25.3 Å². The fourth-order valence-corrected chi connectivity index (χ4v) is 2.10. The van der Waals surface area contributed by atoms with E-state index in [0.717, 1.165) is 19.3 Å². The van der Waals surface area contributed by atoms with Crippen molar-refractivity contribution in [3.05, 3.63) is 25.3 Å². The van der Waals surface area contributed by atoms with Crippen molar-refractivity contribution >= 4 is 5.91 Å². The highest BCUT2D eigenvalue weighted by atomic mass is 16.2. The predicted molar refractivity (Wildman–Crippen MR) is 62.3 cm³/mol. The zero-order chi connectivity index (χ0) is 11.3. The molecule has 2 atom stereocenters. The third kappa shape index (κ3) is 2.93. The lowest BCUT2D eigenvalue weighted by molar-refractivity contribution is -0.134. The summed E-state index contributed by atoms with van der Waals surface area (Å²) in [5.74, 6) is 0.157. The quantitative estimate of drug-likeness (QED) is 0.692. The minimum atomic E-state index is 0.00454. The lowest BCUT2D eigenvalue weighted by Gasteiger charge is -2.25. The van der Waals surface area contributed by atoms with Gasteiger partial charge in [-0.3, -0.25) is 4.79 Å². The Kier molecular flexibility index (Phi) is 4.56. The summed E-state index contributed by atoms with van der Waals surface area (Å²) < 4.78 is 0. The molecule has 0 aromatic rings. The summed E-state index contributed by atoms with van der Waals surface area (Å²) >= 11 is 0. The Hall–Kier alpha value is -1.09. The maximum Gasteiger partial charge on any atom is 0.227 e. The van der Waals surface area contributed by atoms with Crippen LogP contribution in [0.3, 0.4) is 0 Å². The molecule has 84 valence electrons. The van der Waals surface area contributed by atoms with Gasteiger partial charge in [-0.15, -0.1) is 13.2 Å². The van der Waals surface area contributed by atoms with E-state index in [1.807, 2.05) is 0 Å². The van der Waals surface area contributed by atoms with Crippen LogP contribution >= 0.6 is 0 Å². The third-order valence-corrected chi connectivity index (χ3v) is 2.90. The van der Waals surface area contributed by atoms with Crippen molar-refractivity contribution in [1.29, 1.82) is 0 Å². The van der Waals surface area contributed by atoms with E-state index >= 15 is 0 Å². The van der Waals surface area contributed by atoms with Gasteiger partial charge in [-0.2, -0.15) is 0 Å². The van der Waals surface area contributed by atoms with Crippen LogP contribution < -0.4 is 5.73 Å². The summed E-state index contributed by atoms with van der Waals surface area (Å²) in [5.41, 5.74) is 5.91. The second-order valence-electron chi connectivity index (χ2n) is 4.02. The fraction of sp³-hybridized carbons (Fsp3) is 0.583. The number of nitrogens with zero attached hydrogens (tertiary/aromatic N) is 1. The van der Waals surface area contributed by atoms with Gasteiger partial charge in [0.1, 0.15) is 0 Å². The van der Waals surface area contributed by atoms with Gasteiger partial charge in [0, 0.05) is 19.1 Å². The average molecular weight is 208 g/mol. The van der Waals surface area contributed by atoms with E-state index in [9.17, 15) is 4.79 Å². The first-order valence-electron chi connectivity index (χ1n) is 5.47. The Morgan fingerprint density at radius 3 is 2.33 bits per heavy atom. The van der Waals surface area contributed by atoms with E-state index in [2.05, 4.69) is 13.2 Å². The minimum Gasteiger partial charge on any atom is -0.335 e. The molecule has 1 rings (SSSR count). The SMILES string of the molecule is C=CCN(CC=C)C(=O)C1CCCC1N. The molecule has 0 bridgehead atoms. The molecule has 1 fully saturated rings. The number of carbonyl (C=O) groups excluding carboxylic acids is 1. The zero-order valence-corrected chi connectivity index (χ0v) is 9.19. The molecule has 1 aliphatic rings. The Balaban J connectivity index is 2.61. The summed E-state index contributed by atoms with van der Waals surface area (Å²) in [5, 5.41) is 0. The molecule has 15 heavy (non-hydrogen) atoms.